The number of hydrogen-bond acceptors (Lipinski definition) is 3. The molecule has 2 rings (SSSR count). The molecule has 0 bridgehead atoms. The zero-order chi connectivity index (χ0) is 19.4. The fraction of sp³-hybridized carbons (Fsp3) is 0.588. The Labute approximate surface area is 151 Å². The van der Waals surface area contributed by atoms with Crippen LogP contribution in [0.25, 0.3) is 0 Å². The molecular formula is C17H23F3N2O3S. The van der Waals surface area contributed by atoms with Crippen LogP contribution < -0.4 is 0 Å². The summed E-state index contributed by atoms with van der Waals surface area (Å²) >= 11 is 0. The second kappa shape index (κ2) is 8.39. The average molecular weight is 392 g/mol. The highest BCUT2D eigenvalue weighted by atomic mass is 32.2. The first-order valence-corrected chi connectivity index (χ1v) is 10.1. The minimum atomic E-state index is -4.60. The van der Waals surface area contributed by atoms with E-state index in [1.807, 2.05) is 6.92 Å². The Balaban J connectivity index is 2.03. The van der Waals surface area contributed by atoms with E-state index < -0.39 is 21.8 Å². The standard InChI is InChI=1S/C17H23F3N2O3S/c1-2-3-4-8-16(23)21-9-11-22(12-10-21)26(24,25)15-7-5-6-14(13-15)17(18,19)20/h5-7,13H,2-4,8-12H2,1H3. The van der Waals surface area contributed by atoms with Crippen molar-refractivity contribution in [2.24, 2.45) is 0 Å². The monoisotopic (exact) mass is 392 g/mol. The molecule has 5 nitrogen and oxygen atoms in total. The zero-order valence-electron chi connectivity index (χ0n) is 14.6. The molecule has 146 valence electrons. The quantitative estimate of drug-likeness (QED) is 0.699. The molecule has 1 aromatic carbocycles. The van der Waals surface area contributed by atoms with Crippen molar-refractivity contribution >= 4 is 15.9 Å². The topological polar surface area (TPSA) is 57.7 Å². The van der Waals surface area contributed by atoms with E-state index in [0.29, 0.717) is 12.5 Å². The van der Waals surface area contributed by atoms with Gasteiger partial charge in [-0.2, -0.15) is 17.5 Å². The number of hydrogen-bond donors (Lipinski definition) is 0. The highest BCUT2D eigenvalue weighted by molar-refractivity contribution is 7.89. The maximum absolute atomic E-state index is 12.8. The number of nitrogens with zero attached hydrogens (tertiary/aromatic N) is 2. The second-order valence-corrected chi connectivity index (χ2v) is 8.21. The molecule has 26 heavy (non-hydrogen) atoms. The van der Waals surface area contributed by atoms with Crippen molar-refractivity contribution in [3.63, 3.8) is 0 Å². The van der Waals surface area contributed by atoms with Gasteiger partial charge in [0.15, 0.2) is 0 Å². The summed E-state index contributed by atoms with van der Waals surface area (Å²) in [6.45, 7) is 2.71. The number of carbonyl (C=O) groups is 1. The van der Waals surface area contributed by atoms with Crippen molar-refractivity contribution < 1.29 is 26.4 Å². The minimum Gasteiger partial charge on any atom is -0.340 e. The molecule has 0 unspecified atom stereocenters. The molecule has 0 aliphatic carbocycles. The maximum atomic E-state index is 12.8. The lowest BCUT2D eigenvalue weighted by atomic mass is 10.2. The van der Waals surface area contributed by atoms with E-state index in [0.717, 1.165) is 41.8 Å². The first kappa shape index (κ1) is 20.7. The number of carbonyl (C=O) groups excluding carboxylic acids is 1. The number of alkyl halides is 3. The van der Waals surface area contributed by atoms with E-state index in [4.69, 9.17) is 0 Å². The van der Waals surface area contributed by atoms with Crippen LogP contribution in [0.3, 0.4) is 0 Å². The van der Waals surface area contributed by atoms with Crippen LogP contribution in [0.1, 0.15) is 38.2 Å². The summed E-state index contributed by atoms with van der Waals surface area (Å²) in [5.74, 6) is -0.00503. The third-order valence-electron chi connectivity index (χ3n) is 4.38. The zero-order valence-corrected chi connectivity index (χ0v) is 15.4. The van der Waals surface area contributed by atoms with Crippen LogP contribution in [0.15, 0.2) is 29.2 Å². The highest BCUT2D eigenvalue weighted by Crippen LogP contribution is 2.31. The average Bonchev–Trinajstić information content (AvgIpc) is 2.61. The van der Waals surface area contributed by atoms with Crippen molar-refractivity contribution in [3.8, 4) is 0 Å². The van der Waals surface area contributed by atoms with Gasteiger partial charge in [0.05, 0.1) is 10.5 Å². The summed E-state index contributed by atoms with van der Waals surface area (Å²) < 4.78 is 64.8. The fourth-order valence-corrected chi connectivity index (χ4v) is 4.31. The SMILES string of the molecule is CCCCCC(=O)N1CCN(S(=O)(=O)c2cccc(C(F)(F)F)c2)CC1. The molecule has 1 heterocycles. The van der Waals surface area contributed by atoms with Gasteiger partial charge in [-0.25, -0.2) is 8.42 Å². The van der Waals surface area contributed by atoms with E-state index >= 15 is 0 Å². The molecule has 0 spiro atoms. The number of amides is 1. The summed E-state index contributed by atoms with van der Waals surface area (Å²) in [7, 11) is -4.02. The second-order valence-electron chi connectivity index (χ2n) is 6.27. The number of piperazine rings is 1. The Bertz CT molecular complexity index is 727. The van der Waals surface area contributed by atoms with Gasteiger partial charge in [-0.05, 0) is 24.6 Å². The maximum Gasteiger partial charge on any atom is 0.416 e. The normalized spacial score (nSPS) is 16.7. The lowest BCUT2D eigenvalue weighted by molar-refractivity contribution is -0.137. The van der Waals surface area contributed by atoms with Gasteiger partial charge in [0.1, 0.15) is 0 Å². The minimum absolute atomic E-state index is 0.00503. The molecule has 0 atom stereocenters. The number of sulfonamides is 1. The van der Waals surface area contributed by atoms with Crippen LogP contribution in [0.2, 0.25) is 0 Å². The Morgan fingerprint density at radius 2 is 1.77 bits per heavy atom. The van der Waals surface area contributed by atoms with Gasteiger partial charge in [-0.3, -0.25) is 4.79 Å². The van der Waals surface area contributed by atoms with Crippen LogP contribution in [-0.2, 0) is 21.0 Å². The molecule has 1 aliphatic rings. The lowest BCUT2D eigenvalue weighted by Gasteiger charge is -2.34. The molecule has 1 fully saturated rings. The van der Waals surface area contributed by atoms with Crippen molar-refractivity contribution in [3.05, 3.63) is 29.8 Å². The predicted molar refractivity (Wildman–Crippen MR) is 90.9 cm³/mol. The molecular weight excluding hydrogens is 369 g/mol. The third kappa shape index (κ3) is 4.97. The fourth-order valence-electron chi connectivity index (χ4n) is 2.84. The van der Waals surface area contributed by atoms with Crippen LogP contribution in [0, 0.1) is 0 Å². The van der Waals surface area contributed by atoms with Crippen LogP contribution in [0.4, 0.5) is 13.2 Å². The molecule has 0 N–H and O–H groups in total. The number of rotatable bonds is 6. The van der Waals surface area contributed by atoms with Gasteiger partial charge in [0, 0.05) is 32.6 Å². The van der Waals surface area contributed by atoms with Gasteiger partial charge in [0.2, 0.25) is 15.9 Å². The highest BCUT2D eigenvalue weighted by Gasteiger charge is 2.34. The molecule has 0 saturated carbocycles. The molecule has 1 saturated heterocycles. The van der Waals surface area contributed by atoms with Crippen molar-refractivity contribution in [2.75, 3.05) is 26.2 Å². The molecule has 1 amide bonds. The smallest absolute Gasteiger partial charge is 0.340 e. The molecule has 0 radical (unpaired) electrons. The van der Waals surface area contributed by atoms with E-state index in [1.165, 1.54) is 0 Å². The summed E-state index contributed by atoms with van der Waals surface area (Å²) in [5.41, 5.74) is -0.997. The predicted octanol–water partition coefficient (Wildman–Crippen LogP) is 3.12. The van der Waals surface area contributed by atoms with E-state index in [-0.39, 0.29) is 37.0 Å². The van der Waals surface area contributed by atoms with Crippen LogP contribution in [0.5, 0.6) is 0 Å². The van der Waals surface area contributed by atoms with Crippen LogP contribution in [-0.4, -0.2) is 49.7 Å². The first-order chi connectivity index (χ1) is 12.2. The van der Waals surface area contributed by atoms with E-state index in [9.17, 15) is 26.4 Å². The summed E-state index contributed by atoms with van der Waals surface area (Å²) in [4.78, 5) is 13.3. The van der Waals surface area contributed by atoms with Gasteiger partial charge in [-0.1, -0.05) is 25.8 Å². The molecule has 9 heteroatoms. The third-order valence-corrected chi connectivity index (χ3v) is 6.28. The van der Waals surface area contributed by atoms with Gasteiger partial charge >= 0.3 is 6.18 Å². The van der Waals surface area contributed by atoms with Crippen molar-refractivity contribution in [1.29, 1.82) is 0 Å². The Kier molecular flexibility index (Phi) is 6.68. The van der Waals surface area contributed by atoms with E-state index in [2.05, 4.69) is 0 Å². The van der Waals surface area contributed by atoms with Crippen LogP contribution >= 0.6 is 0 Å². The van der Waals surface area contributed by atoms with Gasteiger partial charge in [-0.15, -0.1) is 0 Å². The Hall–Kier alpha value is -1.61. The van der Waals surface area contributed by atoms with Crippen molar-refractivity contribution in [1.82, 2.24) is 9.21 Å². The molecule has 1 aliphatic heterocycles. The lowest BCUT2D eigenvalue weighted by Crippen LogP contribution is -2.50. The number of halogens is 3. The largest absolute Gasteiger partial charge is 0.416 e. The molecule has 0 aromatic heterocycles. The van der Waals surface area contributed by atoms with Gasteiger partial charge in [0.25, 0.3) is 0 Å². The number of benzene rings is 1. The van der Waals surface area contributed by atoms with Crippen molar-refractivity contribution in [2.45, 2.75) is 43.7 Å². The van der Waals surface area contributed by atoms with Gasteiger partial charge < -0.3 is 4.90 Å². The Morgan fingerprint density at radius 3 is 2.35 bits per heavy atom. The number of unbranched alkanes of at least 4 members (excludes halogenated alkanes) is 2. The summed E-state index contributed by atoms with van der Waals surface area (Å²) in [6.07, 6.45) is -1.38. The first-order valence-electron chi connectivity index (χ1n) is 8.61. The summed E-state index contributed by atoms with van der Waals surface area (Å²) in [5, 5.41) is 0. The summed E-state index contributed by atoms with van der Waals surface area (Å²) in [6, 6.07) is 3.74. The molecule has 1 aromatic rings. The van der Waals surface area contributed by atoms with E-state index in [1.54, 1.807) is 4.90 Å². The Morgan fingerprint density at radius 1 is 1.12 bits per heavy atom.